The van der Waals surface area contributed by atoms with Crippen molar-refractivity contribution in [3.63, 3.8) is 0 Å². The first-order chi connectivity index (χ1) is 15.5. The number of nitrogens with zero attached hydrogens (tertiary/aromatic N) is 6. The molecule has 0 bridgehead atoms. The zero-order chi connectivity index (χ0) is 23.0. The minimum absolute atomic E-state index is 0.0693. The SMILES string of the molecule is CC(=Nc1ccccc1)N(C)Cc1cn(CCOCCOCCOCCN=C(N)N)nn1. The summed E-state index contributed by atoms with van der Waals surface area (Å²) >= 11 is 0. The molecular weight excluding hydrogens is 412 g/mol. The Hall–Kier alpha value is -3.02. The van der Waals surface area contributed by atoms with E-state index in [2.05, 4.69) is 20.3 Å². The van der Waals surface area contributed by atoms with E-state index in [-0.39, 0.29) is 5.96 Å². The predicted molar refractivity (Wildman–Crippen MR) is 124 cm³/mol. The monoisotopic (exact) mass is 446 g/mol. The normalized spacial score (nSPS) is 11.5. The molecule has 0 aliphatic carbocycles. The summed E-state index contributed by atoms with van der Waals surface area (Å²) in [4.78, 5) is 10.5. The zero-order valence-corrected chi connectivity index (χ0v) is 18.9. The van der Waals surface area contributed by atoms with Gasteiger partial charge < -0.3 is 30.6 Å². The molecule has 0 fully saturated rings. The van der Waals surface area contributed by atoms with Crippen molar-refractivity contribution in [1.29, 1.82) is 0 Å². The predicted octanol–water partition coefficient (Wildman–Crippen LogP) is 0.783. The molecule has 1 aromatic heterocycles. The van der Waals surface area contributed by atoms with Gasteiger partial charge in [-0.1, -0.05) is 23.4 Å². The van der Waals surface area contributed by atoms with E-state index in [4.69, 9.17) is 25.7 Å². The summed E-state index contributed by atoms with van der Waals surface area (Å²) in [5.74, 6) is 0.980. The first-order valence-corrected chi connectivity index (χ1v) is 10.5. The molecule has 11 nitrogen and oxygen atoms in total. The van der Waals surface area contributed by atoms with Crippen LogP contribution in [0.15, 0.2) is 46.5 Å². The number of nitrogens with two attached hydrogens (primary N) is 2. The van der Waals surface area contributed by atoms with E-state index in [0.29, 0.717) is 59.3 Å². The van der Waals surface area contributed by atoms with E-state index < -0.39 is 0 Å². The van der Waals surface area contributed by atoms with Crippen LogP contribution in [0.3, 0.4) is 0 Å². The minimum Gasteiger partial charge on any atom is -0.377 e. The molecule has 0 saturated carbocycles. The molecule has 0 aliphatic rings. The van der Waals surface area contributed by atoms with Gasteiger partial charge in [0.25, 0.3) is 0 Å². The maximum Gasteiger partial charge on any atom is 0.185 e. The van der Waals surface area contributed by atoms with Gasteiger partial charge in [-0.3, -0.25) is 4.99 Å². The molecule has 0 saturated heterocycles. The Kier molecular flexibility index (Phi) is 11.7. The largest absolute Gasteiger partial charge is 0.377 e. The molecule has 4 N–H and O–H groups in total. The summed E-state index contributed by atoms with van der Waals surface area (Å²) in [5, 5.41) is 8.38. The van der Waals surface area contributed by atoms with Crippen LogP contribution in [0.4, 0.5) is 5.69 Å². The molecule has 2 rings (SSSR count). The van der Waals surface area contributed by atoms with Crippen LogP contribution in [0.25, 0.3) is 0 Å². The smallest absolute Gasteiger partial charge is 0.185 e. The molecule has 0 amide bonds. The van der Waals surface area contributed by atoms with Gasteiger partial charge in [-0.05, 0) is 19.1 Å². The van der Waals surface area contributed by atoms with E-state index in [1.54, 1.807) is 4.68 Å². The molecule has 0 atom stereocenters. The van der Waals surface area contributed by atoms with Crippen LogP contribution >= 0.6 is 0 Å². The summed E-state index contributed by atoms with van der Waals surface area (Å²) < 4.78 is 18.1. The molecule has 1 heterocycles. The van der Waals surface area contributed by atoms with Crippen LogP contribution in [0.2, 0.25) is 0 Å². The van der Waals surface area contributed by atoms with Gasteiger partial charge in [-0.15, -0.1) is 5.10 Å². The fourth-order valence-electron chi connectivity index (χ4n) is 2.59. The van der Waals surface area contributed by atoms with Crippen LogP contribution in [0.5, 0.6) is 0 Å². The second-order valence-electron chi connectivity index (χ2n) is 6.97. The van der Waals surface area contributed by atoms with E-state index in [9.17, 15) is 0 Å². The lowest BCUT2D eigenvalue weighted by molar-refractivity contribution is 0.0141. The summed E-state index contributed by atoms with van der Waals surface area (Å²) in [6.45, 7) is 6.69. The highest BCUT2D eigenvalue weighted by Crippen LogP contribution is 2.11. The Morgan fingerprint density at radius 1 is 1.00 bits per heavy atom. The molecule has 0 radical (unpaired) electrons. The van der Waals surface area contributed by atoms with Gasteiger partial charge in [0.05, 0.1) is 71.2 Å². The van der Waals surface area contributed by atoms with Crippen LogP contribution < -0.4 is 11.5 Å². The highest BCUT2D eigenvalue weighted by atomic mass is 16.5. The number of ether oxygens (including phenoxy) is 3. The average molecular weight is 447 g/mol. The summed E-state index contributed by atoms with van der Waals surface area (Å²) in [6, 6.07) is 9.87. The third-order valence-electron chi connectivity index (χ3n) is 4.32. The molecule has 1 aromatic carbocycles. The number of aliphatic imine (C=N–C) groups is 2. The van der Waals surface area contributed by atoms with Gasteiger partial charge in [0.2, 0.25) is 0 Å². The van der Waals surface area contributed by atoms with Crippen LogP contribution in [0, 0.1) is 0 Å². The van der Waals surface area contributed by atoms with Gasteiger partial charge in [0.1, 0.15) is 11.5 Å². The Balaban J connectivity index is 1.53. The van der Waals surface area contributed by atoms with Crippen molar-refractivity contribution >= 4 is 17.5 Å². The number of hydrogen-bond donors (Lipinski definition) is 2. The van der Waals surface area contributed by atoms with E-state index in [1.165, 1.54) is 0 Å². The number of amidine groups is 1. The topological polar surface area (TPSA) is 138 Å². The number of aromatic nitrogens is 3. The third kappa shape index (κ3) is 10.8. The van der Waals surface area contributed by atoms with Crippen molar-refractivity contribution in [3.05, 3.63) is 42.2 Å². The lowest BCUT2D eigenvalue weighted by atomic mass is 10.3. The quantitative estimate of drug-likeness (QED) is 0.233. The zero-order valence-electron chi connectivity index (χ0n) is 18.9. The van der Waals surface area contributed by atoms with E-state index in [1.807, 2.05) is 55.4 Å². The Labute approximate surface area is 189 Å². The lowest BCUT2D eigenvalue weighted by Crippen LogP contribution is -2.23. The number of rotatable bonds is 15. The Morgan fingerprint density at radius 2 is 1.66 bits per heavy atom. The van der Waals surface area contributed by atoms with Crippen LogP contribution in [0.1, 0.15) is 12.6 Å². The van der Waals surface area contributed by atoms with E-state index in [0.717, 1.165) is 17.2 Å². The first kappa shape index (κ1) is 25.2. The molecule has 0 spiro atoms. The number of para-hydroxylation sites is 1. The van der Waals surface area contributed by atoms with Crippen molar-refractivity contribution in [3.8, 4) is 0 Å². The second-order valence-corrected chi connectivity index (χ2v) is 6.97. The van der Waals surface area contributed by atoms with Crippen LogP contribution in [-0.2, 0) is 27.3 Å². The Morgan fingerprint density at radius 3 is 2.34 bits per heavy atom. The molecular formula is C21H34N8O3. The summed E-state index contributed by atoms with van der Waals surface area (Å²) in [5.41, 5.74) is 12.2. The van der Waals surface area contributed by atoms with Crippen molar-refractivity contribution in [1.82, 2.24) is 19.9 Å². The lowest BCUT2D eigenvalue weighted by Gasteiger charge is -2.16. The standard InChI is InChI=1S/C21H34N8O3/c1-18(25-19-6-4-3-5-7-19)28(2)16-20-17-29(27-26-20)9-11-31-13-15-32-14-12-30-10-8-24-21(22)23/h3-7,17H,8-16H2,1-2H3,(H4,22,23,24). The third-order valence-corrected chi connectivity index (χ3v) is 4.32. The summed E-state index contributed by atoms with van der Waals surface area (Å²) in [6.07, 6.45) is 1.92. The minimum atomic E-state index is 0.0693. The van der Waals surface area contributed by atoms with Gasteiger partial charge in [0.15, 0.2) is 5.96 Å². The first-order valence-electron chi connectivity index (χ1n) is 10.5. The molecule has 0 unspecified atom stereocenters. The molecule has 32 heavy (non-hydrogen) atoms. The van der Waals surface area contributed by atoms with Crippen molar-refractivity contribution < 1.29 is 14.2 Å². The van der Waals surface area contributed by atoms with Crippen molar-refractivity contribution in [2.45, 2.75) is 20.0 Å². The number of hydrogen-bond acceptors (Lipinski definition) is 7. The molecule has 176 valence electrons. The highest BCUT2D eigenvalue weighted by Gasteiger charge is 2.07. The highest BCUT2D eigenvalue weighted by molar-refractivity contribution is 5.82. The molecule has 0 aliphatic heterocycles. The van der Waals surface area contributed by atoms with Crippen LogP contribution in [-0.4, -0.2) is 84.9 Å². The molecule has 2 aromatic rings. The number of guanidine groups is 1. The maximum absolute atomic E-state index is 5.57. The molecule has 11 heteroatoms. The fraction of sp³-hybridized carbons (Fsp3) is 0.524. The second kappa shape index (κ2) is 14.9. The van der Waals surface area contributed by atoms with Gasteiger partial charge in [-0.2, -0.15) is 0 Å². The van der Waals surface area contributed by atoms with Gasteiger partial charge in [0, 0.05) is 7.05 Å². The summed E-state index contributed by atoms with van der Waals surface area (Å²) in [7, 11) is 1.99. The maximum atomic E-state index is 5.57. The van der Waals surface area contributed by atoms with Gasteiger partial charge >= 0.3 is 0 Å². The fourth-order valence-corrected chi connectivity index (χ4v) is 2.59. The van der Waals surface area contributed by atoms with E-state index >= 15 is 0 Å². The average Bonchev–Trinajstić information content (AvgIpc) is 3.22. The Bertz CT molecular complexity index is 821. The van der Waals surface area contributed by atoms with Crippen molar-refractivity contribution in [2.75, 3.05) is 53.2 Å². The number of benzene rings is 1. The van der Waals surface area contributed by atoms with Gasteiger partial charge in [-0.25, -0.2) is 9.67 Å². The van der Waals surface area contributed by atoms with Crippen molar-refractivity contribution in [2.24, 2.45) is 21.5 Å².